The molecule has 1 aromatic carbocycles. The number of nitrogens with zero attached hydrogens (tertiary/aromatic N) is 4. The molecule has 0 saturated carbocycles. The largest absolute Gasteiger partial charge is 0.487 e. The number of carbonyl (C=O) groups excluding carboxylic acids is 1. The van der Waals surface area contributed by atoms with Crippen molar-refractivity contribution in [3.05, 3.63) is 40.7 Å². The molecule has 0 bridgehead atoms. The summed E-state index contributed by atoms with van der Waals surface area (Å²) >= 11 is 0. The molecule has 0 amide bonds. The maximum absolute atomic E-state index is 10.9. The van der Waals surface area contributed by atoms with E-state index in [-0.39, 0.29) is 18.8 Å². The Labute approximate surface area is 116 Å². The van der Waals surface area contributed by atoms with E-state index in [1.165, 1.54) is 4.68 Å². The first kappa shape index (κ1) is 13.7. The van der Waals surface area contributed by atoms with Gasteiger partial charge in [0.2, 0.25) is 0 Å². The van der Waals surface area contributed by atoms with Crippen LogP contribution < -0.4 is 4.74 Å². The molecule has 0 saturated heterocycles. The highest BCUT2D eigenvalue weighted by Crippen LogP contribution is 2.23. The minimum absolute atomic E-state index is 0.0340. The summed E-state index contributed by atoms with van der Waals surface area (Å²) in [6, 6.07) is 7.83. The summed E-state index contributed by atoms with van der Waals surface area (Å²) in [7, 11) is 0. The fraction of sp³-hybridized carbons (Fsp3) is 0.286. The number of aldehydes is 1. The molecule has 6 heteroatoms. The average Bonchev–Trinajstić information content (AvgIpc) is 2.81. The van der Waals surface area contributed by atoms with Crippen molar-refractivity contribution in [1.82, 2.24) is 15.0 Å². The highest BCUT2D eigenvalue weighted by atomic mass is 16.5. The van der Waals surface area contributed by atoms with Gasteiger partial charge in [-0.15, -0.1) is 5.10 Å². The molecule has 1 aromatic heterocycles. The van der Waals surface area contributed by atoms with Gasteiger partial charge in [-0.25, -0.2) is 4.68 Å². The summed E-state index contributed by atoms with van der Waals surface area (Å²) < 4.78 is 7.14. The first-order valence-electron chi connectivity index (χ1n) is 6.11. The van der Waals surface area contributed by atoms with Crippen LogP contribution in [0.3, 0.4) is 0 Å². The zero-order chi connectivity index (χ0) is 14.5. The monoisotopic (exact) mass is 270 g/mol. The molecule has 0 N–H and O–H groups in total. The standard InChI is InChI=1S/C14H14N4O2/c1-10-4-3-5-11(2)14(10)20-9-13-12(8-19)16-17-18(13)7-6-15/h3-5,8H,7,9H2,1-2H3. The van der Waals surface area contributed by atoms with Crippen molar-refractivity contribution < 1.29 is 9.53 Å². The third-order valence-corrected chi connectivity index (χ3v) is 2.96. The van der Waals surface area contributed by atoms with Gasteiger partial charge < -0.3 is 4.74 Å². The number of para-hydroxylation sites is 1. The number of ether oxygens (including phenoxy) is 1. The van der Waals surface area contributed by atoms with Crippen LogP contribution in [0, 0.1) is 25.2 Å². The van der Waals surface area contributed by atoms with Crippen molar-refractivity contribution in [2.24, 2.45) is 0 Å². The third-order valence-electron chi connectivity index (χ3n) is 2.96. The number of hydrogen-bond acceptors (Lipinski definition) is 5. The Hall–Kier alpha value is -2.68. The maximum Gasteiger partial charge on any atom is 0.172 e. The molecule has 1 heterocycles. The zero-order valence-electron chi connectivity index (χ0n) is 11.3. The number of rotatable bonds is 5. The summed E-state index contributed by atoms with van der Waals surface area (Å²) in [6.45, 7) is 4.09. The minimum atomic E-state index is 0.0340. The number of aryl methyl sites for hydroxylation is 2. The van der Waals surface area contributed by atoms with Crippen molar-refractivity contribution in [2.45, 2.75) is 27.0 Å². The average molecular weight is 270 g/mol. The van der Waals surface area contributed by atoms with Gasteiger partial charge in [-0.2, -0.15) is 5.26 Å². The van der Waals surface area contributed by atoms with Crippen LogP contribution in [-0.2, 0) is 13.2 Å². The van der Waals surface area contributed by atoms with Crippen molar-refractivity contribution in [3.8, 4) is 11.8 Å². The van der Waals surface area contributed by atoms with Gasteiger partial charge >= 0.3 is 0 Å². The van der Waals surface area contributed by atoms with Crippen LogP contribution in [-0.4, -0.2) is 21.3 Å². The molecule has 6 nitrogen and oxygen atoms in total. The summed E-state index contributed by atoms with van der Waals surface area (Å²) in [6.07, 6.45) is 0.615. The minimum Gasteiger partial charge on any atom is -0.487 e. The van der Waals surface area contributed by atoms with Crippen molar-refractivity contribution in [3.63, 3.8) is 0 Å². The van der Waals surface area contributed by atoms with Crippen LogP contribution in [0.2, 0.25) is 0 Å². The molecule has 2 aromatic rings. The predicted molar refractivity (Wildman–Crippen MR) is 71.3 cm³/mol. The number of carbonyl (C=O) groups is 1. The summed E-state index contributed by atoms with van der Waals surface area (Å²) in [4.78, 5) is 10.9. The van der Waals surface area contributed by atoms with Gasteiger partial charge in [-0.3, -0.25) is 4.79 Å². The van der Waals surface area contributed by atoms with E-state index in [9.17, 15) is 4.79 Å². The first-order chi connectivity index (χ1) is 9.67. The van der Waals surface area contributed by atoms with Crippen LogP contribution in [0.25, 0.3) is 0 Å². The second kappa shape index (κ2) is 5.97. The SMILES string of the molecule is Cc1cccc(C)c1OCc1c(C=O)nnn1CC#N. The van der Waals surface area contributed by atoms with Gasteiger partial charge in [0.15, 0.2) is 12.0 Å². The second-order valence-electron chi connectivity index (χ2n) is 4.36. The topological polar surface area (TPSA) is 80.8 Å². The molecule has 0 atom stereocenters. The zero-order valence-corrected chi connectivity index (χ0v) is 11.3. The molecule has 2 rings (SSSR count). The maximum atomic E-state index is 10.9. The molecule has 0 fully saturated rings. The summed E-state index contributed by atoms with van der Waals surface area (Å²) in [5.41, 5.74) is 2.73. The summed E-state index contributed by atoms with van der Waals surface area (Å²) in [5, 5.41) is 16.2. The molecular weight excluding hydrogens is 256 g/mol. The van der Waals surface area contributed by atoms with E-state index < -0.39 is 0 Å². The van der Waals surface area contributed by atoms with E-state index in [0.29, 0.717) is 12.0 Å². The van der Waals surface area contributed by atoms with Gasteiger partial charge in [-0.1, -0.05) is 23.4 Å². The highest BCUT2D eigenvalue weighted by molar-refractivity contribution is 5.73. The molecule has 0 aliphatic rings. The molecule has 20 heavy (non-hydrogen) atoms. The Morgan fingerprint density at radius 2 is 2.10 bits per heavy atom. The van der Waals surface area contributed by atoms with Crippen LogP contribution in [0.4, 0.5) is 0 Å². The van der Waals surface area contributed by atoms with E-state index >= 15 is 0 Å². The Morgan fingerprint density at radius 1 is 1.40 bits per heavy atom. The Morgan fingerprint density at radius 3 is 2.70 bits per heavy atom. The van der Waals surface area contributed by atoms with Gasteiger partial charge in [0.1, 0.15) is 24.6 Å². The van der Waals surface area contributed by atoms with E-state index in [2.05, 4.69) is 10.3 Å². The van der Waals surface area contributed by atoms with Crippen LogP contribution in [0.5, 0.6) is 5.75 Å². The lowest BCUT2D eigenvalue weighted by Gasteiger charge is -2.12. The fourth-order valence-corrected chi connectivity index (χ4v) is 1.95. The molecule has 0 unspecified atom stereocenters. The van der Waals surface area contributed by atoms with Gasteiger partial charge in [-0.05, 0) is 25.0 Å². The van der Waals surface area contributed by atoms with Crippen molar-refractivity contribution in [1.29, 1.82) is 5.26 Å². The fourth-order valence-electron chi connectivity index (χ4n) is 1.95. The van der Waals surface area contributed by atoms with Crippen LogP contribution in [0.1, 0.15) is 27.3 Å². The normalized spacial score (nSPS) is 10.1. The first-order valence-corrected chi connectivity index (χ1v) is 6.11. The number of benzene rings is 1. The summed E-state index contributed by atoms with van der Waals surface area (Å²) in [5.74, 6) is 0.772. The van der Waals surface area contributed by atoms with Crippen molar-refractivity contribution in [2.75, 3.05) is 0 Å². The van der Waals surface area contributed by atoms with Crippen LogP contribution in [0.15, 0.2) is 18.2 Å². The molecular formula is C14H14N4O2. The van der Waals surface area contributed by atoms with Gasteiger partial charge in [0.05, 0.1) is 6.07 Å². The van der Waals surface area contributed by atoms with Crippen molar-refractivity contribution >= 4 is 6.29 Å². The van der Waals surface area contributed by atoms with Gasteiger partial charge in [0, 0.05) is 0 Å². The Balaban J connectivity index is 2.25. The second-order valence-corrected chi connectivity index (χ2v) is 4.36. The Bertz CT molecular complexity index is 650. The number of aromatic nitrogens is 3. The number of nitriles is 1. The lowest BCUT2D eigenvalue weighted by atomic mass is 10.1. The third kappa shape index (κ3) is 2.67. The van der Waals surface area contributed by atoms with E-state index in [1.807, 2.05) is 38.1 Å². The van der Waals surface area contributed by atoms with E-state index in [4.69, 9.17) is 10.00 Å². The van der Waals surface area contributed by atoms with Crippen LogP contribution >= 0.6 is 0 Å². The highest BCUT2D eigenvalue weighted by Gasteiger charge is 2.14. The molecule has 0 radical (unpaired) electrons. The number of hydrogen-bond donors (Lipinski definition) is 0. The smallest absolute Gasteiger partial charge is 0.172 e. The Kier molecular flexibility index (Phi) is 4.11. The lowest BCUT2D eigenvalue weighted by Crippen LogP contribution is -2.09. The molecule has 102 valence electrons. The molecule has 0 aliphatic heterocycles. The lowest BCUT2D eigenvalue weighted by molar-refractivity contribution is 0.111. The van der Waals surface area contributed by atoms with E-state index in [1.54, 1.807) is 0 Å². The van der Waals surface area contributed by atoms with E-state index in [0.717, 1.165) is 16.9 Å². The quantitative estimate of drug-likeness (QED) is 0.774. The predicted octanol–water partition coefficient (Wildman–Crippen LogP) is 1.81. The molecule has 0 spiro atoms. The molecule has 0 aliphatic carbocycles. The van der Waals surface area contributed by atoms with Gasteiger partial charge in [0.25, 0.3) is 0 Å².